The van der Waals surface area contributed by atoms with Gasteiger partial charge < -0.3 is 10.6 Å². The molecule has 1 unspecified atom stereocenters. The molecular formula is C13H20N4O3S. The van der Waals surface area contributed by atoms with Crippen LogP contribution in [-0.4, -0.2) is 47.9 Å². The number of amides is 1. The van der Waals surface area contributed by atoms with Crippen LogP contribution in [-0.2, 0) is 9.84 Å². The molecule has 1 aliphatic heterocycles. The maximum Gasteiger partial charge on any atom is 0.271 e. The van der Waals surface area contributed by atoms with Crippen LogP contribution < -0.4 is 10.6 Å². The molecule has 1 aromatic rings. The lowest BCUT2D eigenvalue weighted by Gasteiger charge is -2.23. The van der Waals surface area contributed by atoms with Crippen LogP contribution in [0.25, 0.3) is 0 Å². The molecule has 0 saturated carbocycles. The first kappa shape index (κ1) is 15.7. The lowest BCUT2D eigenvalue weighted by Crippen LogP contribution is -2.47. The molecule has 8 heteroatoms. The van der Waals surface area contributed by atoms with Gasteiger partial charge in [-0.05, 0) is 19.8 Å². The largest absolute Gasteiger partial charge is 0.369 e. The summed E-state index contributed by atoms with van der Waals surface area (Å²) in [4.78, 5) is 20.3. The van der Waals surface area contributed by atoms with Crippen molar-refractivity contribution in [3.63, 3.8) is 0 Å². The molecule has 0 bridgehead atoms. The third-order valence-electron chi connectivity index (χ3n) is 3.36. The van der Waals surface area contributed by atoms with Crippen molar-refractivity contribution in [2.45, 2.75) is 32.2 Å². The Labute approximate surface area is 124 Å². The van der Waals surface area contributed by atoms with Gasteiger partial charge in [0.05, 0.1) is 29.4 Å². The lowest BCUT2D eigenvalue weighted by atomic mass is 10.0. The first-order valence-corrected chi connectivity index (χ1v) is 8.74. The molecule has 1 atom stereocenters. The number of carbonyl (C=O) groups is 1. The van der Waals surface area contributed by atoms with E-state index < -0.39 is 21.3 Å². The summed E-state index contributed by atoms with van der Waals surface area (Å²) >= 11 is 0. The van der Waals surface area contributed by atoms with Crippen LogP contribution in [0.1, 0.15) is 37.2 Å². The number of carbonyl (C=O) groups excluding carboxylic acids is 1. The molecule has 7 nitrogen and oxygen atoms in total. The first-order chi connectivity index (χ1) is 9.84. The minimum Gasteiger partial charge on any atom is -0.369 e. The fourth-order valence-electron chi connectivity index (χ4n) is 2.24. The number of nitrogens with one attached hydrogen (secondary N) is 2. The summed E-state index contributed by atoms with van der Waals surface area (Å²) < 4.78 is 23.0. The van der Waals surface area contributed by atoms with Gasteiger partial charge in [0.2, 0.25) is 0 Å². The van der Waals surface area contributed by atoms with Crippen molar-refractivity contribution in [2.24, 2.45) is 0 Å². The van der Waals surface area contributed by atoms with Gasteiger partial charge in [-0.15, -0.1) is 0 Å². The highest BCUT2D eigenvalue weighted by molar-refractivity contribution is 7.91. The number of rotatable bonds is 5. The summed E-state index contributed by atoms with van der Waals surface area (Å²) in [6.45, 7) is 4.56. The van der Waals surface area contributed by atoms with Crippen molar-refractivity contribution in [2.75, 3.05) is 23.4 Å². The van der Waals surface area contributed by atoms with Gasteiger partial charge in [0, 0.05) is 6.54 Å². The third kappa shape index (κ3) is 4.13. The van der Waals surface area contributed by atoms with Gasteiger partial charge in [-0.3, -0.25) is 4.79 Å². The maximum atomic E-state index is 12.1. The van der Waals surface area contributed by atoms with E-state index in [2.05, 4.69) is 20.6 Å². The molecule has 1 aliphatic rings. The number of sulfone groups is 1. The number of hydrogen-bond acceptors (Lipinski definition) is 6. The minimum atomic E-state index is -3.06. The van der Waals surface area contributed by atoms with Gasteiger partial charge in [0.25, 0.3) is 5.91 Å². The summed E-state index contributed by atoms with van der Waals surface area (Å²) in [5.41, 5.74) is -0.543. The van der Waals surface area contributed by atoms with Crippen LogP contribution in [0, 0.1) is 0 Å². The molecule has 0 spiro atoms. The van der Waals surface area contributed by atoms with E-state index in [1.807, 2.05) is 6.92 Å². The van der Waals surface area contributed by atoms with Crippen LogP contribution in [0.4, 0.5) is 5.82 Å². The van der Waals surface area contributed by atoms with Gasteiger partial charge in [0.1, 0.15) is 11.5 Å². The fourth-order valence-corrected chi connectivity index (χ4v) is 4.33. The molecule has 21 heavy (non-hydrogen) atoms. The van der Waals surface area contributed by atoms with Crippen molar-refractivity contribution in [3.05, 3.63) is 18.1 Å². The summed E-state index contributed by atoms with van der Waals surface area (Å²) in [6, 6.07) is 0. The van der Waals surface area contributed by atoms with Crippen molar-refractivity contribution in [3.8, 4) is 0 Å². The second-order valence-corrected chi connectivity index (χ2v) is 7.75. The zero-order valence-corrected chi connectivity index (χ0v) is 13.0. The highest BCUT2D eigenvalue weighted by Gasteiger charge is 2.39. The quantitative estimate of drug-likeness (QED) is 0.826. The second-order valence-electron chi connectivity index (χ2n) is 5.57. The Bertz CT molecular complexity index is 615. The van der Waals surface area contributed by atoms with E-state index in [9.17, 15) is 13.2 Å². The Hall–Kier alpha value is -1.70. The summed E-state index contributed by atoms with van der Waals surface area (Å²) in [5, 5.41) is 5.82. The summed E-state index contributed by atoms with van der Waals surface area (Å²) in [5.74, 6) is 0.289. The highest BCUT2D eigenvalue weighted by Crippen LogP contribution is 2.23. The highest BCUT2D eigenvalue weighted by atomic mass is 32.2. The Kier molecular flexibility index (Phi) is 4.46. The van der Waals surface area contributed by atoms with E-state index >= 15 is 0 Å². The first-order valence-electron chi connectivity index (χ1n) is 6.92. The van der Waals surface area contributed by atoms with Crippen molar-refractivity contribution < 1.29 is 13.2 Å². The number of anilines is 1. The molecule has 2 N–H and O–H groups in total. The average Bonchev–Trinajstić information content (AvgIpc) is 2.70. The summed E-state index contributed by atoms with van der Waals surface area (Å²) in [7, 11) is -3.06. The normalized spacial score (nSPS) is 23.7. The van der Waals surface area contributed by atoms with Gasteiger partial charge >= 0.3 is 0 Å². The van der Waals surface area contributed by atoms with E-state index in [1.54, 1.807) is 6.92 Å². The number of hydrogen-bond donors (Lipinski definition) is 2. The van der Waals surface area contributed by atoms with Gasteiger partial charge in [-0.25, -0.2) is 18.4 Å². The molecule has 1 amide bonds. The molecule has 1 aromatic heterocycles. The zero-order chi connectivity index (χ0) is 15.5. The second kappa shape index (κ2) is 5.97. The monoisotopic (exact) mass is 312 g/mol. The van der Waals surface area contributed by atoms with Crippen LogP contribution in [0.15, 0.2) is 12.4 Å². The maximum absolute atomic E-state index is 12.1. The molecule has 116 valence electrons. The van der Waals surface area contributed by atoms with E-state index in [1.165, 1.54) is 12.4 Å². The van der Waals surface area contributed by atoms with Crippen LogP contribution >= 0.6 is 0 Å². The number of aromatic nitrogens is 2. The predicted molar refractivity (Wildman–Crippen MR) is 80.0 cm³/mol. The Balaban J connectivity index is 2.00. The van der Waals surface area contributed by atoms with E-state index in [4.69, 9.17) is 0 Å². The predicted octanol–water partition coefficient (Wildman–Crippen LogP) is 0.606. The molecule has 0 aromatic carbocycles. The Morgan fingerprint density at radius 2 is 2.14 bits per heavy atom. The van der Waals surface area contributed by atoms with Crippen molar-refractivity contribution in [1.82, 2.24) is 15.3 Å². The molecule has 1 fully saturated rings. The smallest absolute Gasteiger partial charge is 0.271 e. The van der Waals surface area contributed by atoms with Crippen LogP contribution in [0.3, 0.4) is 0 Å². The molecule has 2 heterocycles. The lowest BCUT2D eigenvalue weighted by molar-refractivity contribution is 0.0910. The molecule has 2 rings (SSSR count). The van der Waals surface area contributed by atoms with Crippen LogP contribution in [0.5, 0.6) is 0 Å². The summed E-state index contributed by atoms with van der Waals surface area (Å²) in [6.07, 6.45) is 4.28. The van der Waals surface area contributed by atoms with Crippen molar-refractivity contribution >= 4 is 21.6 Å². The zero-order valence-electron chi connectivity index (χ0n) is 12.2. The van der Waals surface area contributed by atoms with Gasteiger partial charge in [-0.1, -0.05) is 6.92 Å². The van der Waals surface area contributed by atoms with E-state index in [0.29, 0.717) is 12.2 Å². The Morgan fingerprint density at radius 3 is 2.67 bits per heavy atom. The van der Waals surface area contributed by atoms with Crippen LogP contribution in [0.2, 0.25) is 0 Å². The molecular weight excluding hydrogens is 292 g/mol. The van der Waals surface area contributed by atoms with Gasteiger partial charge in [0.15, 0.2) is 9.84 Å². The third-order valence-corrected chi connectivity index (χ3v) is 5.26. The standard InChI is InChI=1S/C13H20N4O3S/c1-3-5-14-11-8-15-10(7-16-11)12(18)17-13(2)4-6-21(19,20)9-13/h7-8H,3-6,9H2,1-2H3,(H,14,16)(H,17,18). The SMILES string of the molecule is CCCNc1cnc(C(=O)NC2(C)CCS(=O)(=O)C2)cn1. The Morgan fingerprint density at radius 1 is 1.38 bits per heavy atom. The topological polar surface area (TPSA) is 101 Å². The average molecular weight is 312 g/mol. The fraction of sp³-hybridized carbons (Fsp3) is 0.615. The number of nitrogens with zero attached hydrogens (tertiary/aromatic N) is 2. The van der Waals surface area contributed by atoms with E-state index in [-0.39, 0.29) is 17.2 Å². The minimum absolute atomic E-state index is 0.0324. The van der Waals surface area contributed by atoms with Gasteiger partial charge in [-0.2, -0.15) is 0 Å². The van der Waals surface area contributed by atoms with Crippen molar-refractivity contribution in [1.29, 1.82) is 0 Å². The molecule has 1 saturated heterocycles. The molecule has 0 aliphatic carbocycles. The van der Waals surface area contributed by atoms with E-state index in [0.717, 1.165) is 13.0 Å². The molecule has 0 radical (unpaired) electrons.